The maximum absolute atomic E-state index is 11.9. The number of hydrogen-bond acceptors (Lipinski definition) is 3. The molecule has 1 amide bonds. The molecule has 1 aromatic heterocycles. The smallest absolute Gasteiger partial charge is 0.254 e. The first kappa shape index (κ1) is 14.6. The van der Waals surface area contributed by atoms with Gasteiger partial charge in [-0.15, -0.1) is 0 Å². The van der Waals surface area contributed by atoms with Crippen LogP contribution in [0.15, 0.2) is 36.7 Å². The van der Waals surface area contributed by atoms with Crippen molar-refractivity contribution in [1.29, 1.82) is 0 Å². The van der Waals surface area contributed by atoms with E-state index in [2.05, 4.69) is 15.7 Å². The van der Waals surface area contributed by atoms with Crippen molar-refractivity contribution >= 4 is 17.5 Å². The van der Waals surface area contributed by atoms with Gasteiger partial charge in [0.25, 0.3) is 5.91 Å². The molecule has 2 N–H and O–H groups in total. The molecule has 0 radical (unpaired) electrons. The molecule has 2 aromatic rings. The van der Waals surface area contributed by atoms with Gasteiger partial charge in [0.1, 0.15) is 0 Å². The Kier molecular flexibility index (Phi) is 5.15. The second-order valence-electron chi connectivity index (χ2n) is 4.26. The number of rotatable bonds is 6. The number of nitrogens with one attached hydrogen (secondary N) is 2. The molecule has 6 heteroatoms. The molecular formula is C14H17ClN4O. The molecule has 0 bridgehead atoms. The fourth-order valence-electron chi connectivity index (χ4n) is 1.74. The fraction of sp³-hybridized carbons (Fsp3) is 0.286. The summed E-state index contributed by atoms with van der Waals surface area (Å²) in [6.07, 6.45) is 3.23. The number of nitrogens with zero attached hydrogens (tertiary/aromatic N) is 2. The minimum atomic E-state index is -0.129. The third-order valence-electron chi connectivity index (χ3n) is 2.75. The Hall–Kier alpha value is -1.85. The van der Waals surface area contributed by atoms with Crippen LogP contribution in [0, 0.1) is 0 Å². The van der Waals surface area contributed by atoms with Gasteiger partial charge in [0.05, 0.1) is 17.4 Å². The molecule has 1 heterocycles. The largest absolute Gasteiger partial charge is 0.351 e. The number of amides is 1. The lowest BCUT2D eigenvalue weighted by atomic mass is 10.3. The second kappa shape index (κ2) is 7.07. The molecule has 0 spiro atoms. The lowest BCUT2D eigenvalue weighted by Crippen LogP contribution is -2.31. The highest BCUT2D eigenvalue weighted by Crippen LogP contribution is 2.14. The summed E-state index contributed by atoms with van der Waals surface area (Å²) in [4.78, 5) is 11.9. The van der Waals surface area contributed by atoms with Crippen molar-refractivity contribution < 1.29 is 4.79 Å². The zero-order valence-corrected chi connectivity index (χ0v) is 12.0. The predicted molar refractivity (Wildman–Crippen MR) is 79.5 cm³/mol. The van der Waals surface area contributed by atoms with Gasteiger partial charge >= 0.3 is 0 Å². The highest BCUT2D eigenvalue weighted by atomic mass is 35.5. The van der Waals surface area contributed by atoms with Gasteiger partial charge in [0.2, 0.25) is 0 Å². The molecule has 0 aliphatic carbocycles. The molecule has 0 saturated heterocycles. The predicted octanol–water partition coefficient (Wildman–Crippen LogP) is 1.86. The summed E-state index contributed by atoms with van der Waals surface area (Å²) in [6, 6.07) is 7.31. The summed E-state index contributed by atoms with van der Waals surface area (Å²) >= 11 is 5.93. The topological polar surface area (TPSA) is 58.9 Å². The average Bonchev–Trinajstić information content (AvgIpc) is 2.93. The molecule has 0 fully saturated rings. The van der Waals surface area contributed by atoms with Crippen LogP contribution >= 0.6 is 11.6 Å². The van der Waals surface area contributed by atoms with Gasteiger partial charge in [-0.3, -0.25) is 4.79 Å². The van der Waals surface area contributed by atoms with Crippen LogP contribution in [0.4, 0.5) is 0 Å². The van der Waals surface area contributed by atoms with E-state index in [-0.39, 0.29) is 5.91 Å². The summed E-state index contributed by atoms with van der Waals surface area (Å²) in [5.74, 6) is -0.129. The van der Waals surface area contributed by atoms with Crippen molar-refractivity contribution in [3.05, 3.63) is 47.2 Å². The van der Waals surface area contributed by atoms with Crippen molar-refractivity contribution in [3.63, 3.8) is 0 Å². The third kappa shape index (κ3) is 3.82. The monoisotopic (exact) mass is 292 g/mol. The van der Waals surface area contributed by atoms with Crippen LogP contribution in [-0.2, 0) is 0 Å². The number of likely N-dealkylation sites (N-methyl/N-ethyl adjacent to an activating group) is 1. The zero-order chi connectivity index (χ0) is 14.4. The van der Waals surface area contributed by atoms with E-state index in [1.165, 1.54) is 0 Å². The molecular weight excluding hydrogens is 276 g/mol. The number of carbonyl (C=O) groups is 1. The molecule has 0 unspecified atom stereocenters. The highest BCUT2D eigenvalue weighted by Gasteiger charge is 2.08. The van der Waals surface area contributed by atoms with E-state index in [0.29, 0.717) is 17.1 Å². The molecule has 20 heavy (non-hydrogen) atoms. The van der Waals surface area contributed by atoms with Crippen LogP contribution in [-0.4, -0.2) is 35.3 Å². The van der Waals surface area contributed by atoms with Crippen molar-refractivity contribution in [2.75, 3.05) is 19.6 Å². The zero-order valence-electron chi connectivity index (χ0n) is 11.3. The first-order chi connectivity index (χ1) is 9.70. The van der Waals surface area contributed by atoms with Crippen LogP contribution < -0.4 is 10.6 Å². The summed E-state index contributed by atoms with van der Waals surface area (Å²) in [7, 11) is 0. The number of aromatic nitrogens is 2. The van der Waals surface area contributed by atoms with E-state index in [9.17, 15) is 4.79 Å². The van der Waals surface area contributed by atoms with Crippen molar-refractivity contribution in [3.8, 4) is 5.69 Å². The van der Waals surface area contributed by atoms with E-state index < -0.39 is 0 Å². The van der Waals surface area contributed by atoms with E-state index in [1.54, 1.807) is 29.2 Å². The summed E-state index contributed by atoms with van der Waals surface area (Å²) < 4.78 is 1.63. The molecule has 0 atom stereocenters. The lowest BCUT2D eigenvalue weighted by Gasteiger charge is -2.03. The van der Waals surface area contributed by atoms with Crippen LogP contribution in [0.1, 0.15) is 17.3 Å². The average molecular weight is 293 g/mol. The minimum absolute atomic E-state index is 0.129. The van der Waals surface area contributed by atoms with Crippen molar-refractivity contribution in [2.45, 2.75) is 6.92 Å². The Balaban J connectivity index is 2.00. The number of carbonyl (C=O) groups excluding carboxylic acids is 1. The van der Waals surface area contributed by atoms with Crippen molar-refractivity contribution in [2.24, 2.45) is 0 Å². The molecule has 0 aliphatic heterocycles. The van der Waals surface area contributed by atoms with E-state index in [0.717, 1.165) is 18.8 Å². The Labute approximate surface area is 122 Å². The normalized spacial score (nSPS) is 10.5. The quantitative estimate of drug-likeness (QED) is 0.799. The first-order valence-corrected chi connectivity index (χ1v) is 6.88. The number of halogens is 1. The highest BCUT2D eigenvalue weighted by molar-refractivity contribution is 6.30. The first-order valence-electron chi connectivity index (χ1n) is 6.50. The Morgan fingerprint density at radius 1 is 1.40 bits per heavy atom. The van der Waals surface area contributed by atoms with Gasteiger partial charge in [-0.05, 0) is 24.7 Å². The van der Waals surface area contributed by atoms with Gasteiger partial charge < -0.3 is 10.6 Å². The molecule has 0 saturated carbocycles. The summed E-state index contributed by atoms with van der Waals surface area (Å²) in [5, 5.41) is 10.8. The fourth-order valence-corrected chi connectivity index (χ4v) is 1.93. The van der Waals surface area contributed by atoms with Crippen LogP contribution in [0.2, 0.25) is 5.02 Å². The molecule has 0 aliphatic rings. The summed E-state index contributed by atoms with van der Waals surface area (Å²) in [6.45, 7) is 4.26. The third-order valence-corrected chi connectivity index (χ3v) is 2.99. The van der Waals surface area contributed by atoms with Gasteiger partial charge in [0.15, 0.2) is 0 Å². The summed E-state index contributed by atoms with van der Waals surface area (Å²) in [5.41, 5.74) is 1.35. The maximum Gasteiger partial charge on any atom is 0.254 e. The van der Waals surface area contributed by atoms with Crippen LogP contribution in [0.3, 0.4) is 0 Å². The SMILES string of the molecule is CCNCCNC(=O)c1cnn(-c2cccc(Cl)c2)c1. The van der Waals surface area contributed by atoms with E-state index in [1.807, 2.05) is 19.1 Å². The van der Waals surface area contributed by atoms with E-state index >= 15 is 0 Å². The van der Waals surface area contributed by atoms with E-state index in [4.69, 9.17) is 11.6 Å². The Bertz CT molecular complexity index is 582. The number of benzene rings is 1. The second-order valence-corrected chi connectivity index (χ2v) is 4.70. The van der Waals surface area contributed by atoms with Gasteiger partial charge in [0, 0.05) is 24.3 Å². The standard InChI is InChI=1S/C14H17ClN4O/c1-2-16-6-7-17-14(20)11-9-18-19(10-11)13-5-3-4-12(15)8-13/h3-5,8-10,16H,2,6-7H2,1H3,(H,17,20). The Morgan fingerprint density at radius 3 is 3.00 bits per heavy atom. The Morgan fingerprint density at radius 2 is 2.25 bits per heavy atom. The molecule has 1 aromatic carbocycles. The molecule has 2 rings (SSSR count). The van der Waals surface area contributed by atoms with Crippen LogP contribution in [0.5, 0.6) is 0 Å². The lowest BCUT2D eigenvalue weighted by molar-refractivity contribution is 0.0954. The van der Waals surface area contributed by atoms with Crippen LogP contribution in [0.25, 0.3) is 5.69 Å². The molecule has 5 nitrogen and oxygen atoms in total. The minimum Gasteiger partial charge on any atom is -0.351 e. The van der Waals surface area contributed by atoms with Gasteiger partial charge in [-0.1, -0.05) is 24.6 Å². The van der Waals surface area contributed by atoms with Gasteiger partial charge in [-0.2, -0.15) is 5.10 Å². The maximum atomic E-state index is 11.9. The number of hydrogen-bond donors (Lipinski definition) is 2. The van der Waals surface area contributed by atoms with Crippen molar-refractivity contribution in [1.82, 2.24) is 20.4 Å². The molecule has 106 valence electrons. The van der Waals surface area contributed by atoms with Gasteiger partial charge in [-0.25, -0.2) is 4.68 Å².